The lowest BCUT2D eigenvalue weighted by atomic mass is 9.82. The number of hydrogen-bond donors (Lipinski definition) is 1. The minimum atomic E-state index is 0.440. The molecule has 0 saturated carbocycles. The Bertz CT molecular complexity index is 203. The van der Waals surface area contributed by atoms with Crippen LogP contribution < -0.4 is 5.73 Å². The van der Waals surface area contributed by atoms with Crippen LogP contribution in [0, 0.1) is 17.8 Å². The van der Waals surface area contributed by atoms with Gasteiger partial charge in [0.1, 0.15) is 0 Å². The van der Waals surface area contributed by atoms with Crippen molar-refractivity contribution in [2.24, 2.45) is 23.5 Å². The van der Waals surface area contributed by atoms with Crippen LogP contribution in [-0.4, -0.2) is 0 Å². The zero-order chi connectivity index (χ0) is 11.8. The third-order valence-corrected chi connectivity index (χ3v) is 2.80. The highest BCUT2D eigenvalue weighted by atomic mass is 14.6. The Morgan fingerprint density at radius 3 is 2.27 bits per heavy atom. The van der Waals surface area contributed by atoms with Gasteiger partial charge >= 0.3 is 0 Å². The maximum absolute atomic E-state index is 5.87. The summed E-state index contributed by atoms with van der Waals surface area (Å²) in [6.07, 6.45) is 7.96. The maximum Gasteiger partial charge on any atom is 0.00448 e. The van der Waals surface area contributed by atoms with Gasteiger partial charge in [0.05, 0.1) is 0 Å². The fourth-order valence-corrected chi connectivity index (χ4v) is 2.07. The van der Waals surface area contributed by atoms with Crippen LogP contribution in [0.5, 0.6) is 0 Å². The van der Waals surface area contributed by atoms with Gasteiger partial charge in [-0.3, -0.25) is 0 Å². The monoisotopic (exact) mass is 209 g/mol. The predicted octanol–water partition coefficient (Wildman–Crippen LogP) is 4.11. The lowest BCUT2D eigenvalue weighted by molar-refractivity contribution is 0.364. The normalized spacial score (nSPS) is 15.8. The van der Waals surface area contributed by atoms with Crippen LogP contribution in [-0.2, 0) is 0 Å². The van der Waals surface area contributed by atoms with Crippen molar-refractivity contribution in [2.45, 2.75) is 47.0 Å². The van der Waals surface area contributed by atoms with Crippen LogP contribution in [0.4, 0.5) is 0 Å². The molecule has 0 bridgehead atoms. The first-order valence-electron chi connectivity index (χ1n) is 6.13. The maximum atomic E-state index is 5.87. The molecule has 0 aromatic rings. The van der Waals surface area contributed by atoms with E-state index in [2.05, 4.69) is 46.4 Å². The number of nitrogens with two attached hydrogens (primary N) is 1. The summed E-state index contributed by atoms with van der Waals surface area (Å²) in [7, 11) is 0. The molecule has 0 radical (unpaired) electrons. The third-order valence-electron chi connectivity index (χ3n) is 2.80. The van der Waals surface area contributed by atoms with Gasteiger partial charge in [0.25, 0.3) is 0 Å². The van der Waals surface area contributed by atoms with Crippen molar-refractivity contribution in [2.75, 3.05) is 0 Å². The Labute approximate surface area is 95.4 Å². The summed E-state index contributed by atoms with van der Waals surface area (Å²) < 4.78 is 0. The van der Waals surface area contributed by atoms with Crippen LogP contribution >= 0.6 is 0 Å². The van der Waals surface area contributed by atoms with E-state index in [1.54, 1.807) is 0 Å². The average Bonchev–Trinajstić information content (AvgIpc) is 2.13. The number of rotatable bonds is 7. The molecule has 0 aliphatic rings. The highest BCUT2D eigenvalue weighted by Crippen LogP contribution is 2.27. The fraction of sp³-hybridized carbons (Fsp3) is 0.714. The van der Waals surface area contributed by atoms with Crippen molar-refractivity contribution >= 4 is 0 Å². The van der Waals surface area contributed by atoms with E-state index in [1.807, 2.05) is 0 Å². The van der Waals surface area contributed by atoms with Gasteiger partial charge in [-0.15, -0.1) is 0 Å². The fourth-order valence-electron chi connectivity index (χ4n) is 2.07. The van der Waals surface area contributed by atoms with Crippen LogP contribution in [0.3, 0.4) is 0 Å². The first-order valence-corrected chi connectivity index (χ1v) is 6.13. The zero-order valence-electron chi connectivity index (χ0n) is 10.8. The van der Waals surface area contributed by atoms with E-state index in [9.17, 15) is 0 Å². The first kappa shape index (κ1) is 14.3. The van der Waals surface area contributed by atoms with E-state index in [-0.39, 0.29) is 0 Å². The Morgan fingerprint density at radius 2 is 1.93 bits per heavy atom. The molecule has 0 aromatic heterocycles. The lowest BCUT2D eigenvalue weighted by Crippen LogP contribution is -2.20. The summed E-state index contributed by atoms with van der Waals surface area (Å²) in [4.78, 5) is 0. The van der Waals surface area contributed by atoms with Crippen molar-refractivity contribution < 1.29 is 0 Å². The van der Waals surface area contributed by atoms with Gasteiger partial charge in [-0.1, -0.05) is 46.4 Å². The zero-order valence-corrected chi connectivity index (χ0v) is 10.8. The Morgan fingerprint density at radius 1 is 1.33 bits per heavy atom. The first-order chi connectivity index (χ1) is 7.02. The van der Waals surface area contributed by atoms with E-state index >= 15 is 0 Å². The van der Waals surface area contributed by atoms with Gasteiger partial charge in [-0.25, -0.2) is 0 Å². The molecule has 0 aliphatic carbocycles. The smallest absolute Gasteiger partial charge is 0.00448 e. The molecule has 0 amide bonds. The molecular formula is C14H27N. The number of allylic oxidation sites excluding steroid dienone is 3. The molecule has 0 aliphatic heterocycles. The number of hydrogen-bond acceptors (Lipinski definition) is 1. The summed E-state index contributed by atoms with van der Waals surface area (Å²) in [5.74, 6) is 1.72. The Hall–Kier alpha value is -0.720. The molecule has 0 rings (SSSR count). The molecule has 2 atom stereocenters. The van der Waals surface area contributed by atoms with Gasteiger partial charge < -0.3 is 5.73 Å². The van der Waals surface area contributed by atoms with Crippen molar-refractivity contribution in [3.63, 3.8) is 0 Å². The standard InChI is InChI=1S/C14H27N/c1-6-8-9-13(10-11(3)4)14(7-2)12(5)15/h8-9,11,13-14H,5-7,10,15H2,1-4H3/b9-8+. The van der Waals surface area contributed by atoms with E-state index in [4.69, 9.17) is 5.73 Å². The van der Waals surface area contributed by atoms with Crippen molar-refractivity contribution in [3.8, 4) is 0 Å². The molecular weight excluding hydrogens is 182 g/mol. The van der Waals surface area contributed by atoms with Gasteiger partial charge in [0.2, 0.25) is 0 Å². The van der Waals surface area contributed by atoms with Crippen LogP contribution in [0.25, 0.3) is 0 Å². The molecule has 88 valence electrons. The minimum Gasteiger partial charge on any atom is -0.402 e. The summed E-state index contributed by atoms with van der Waals surface area (Å²) >= 11 is 0. The van der Waals surface area contributed by atoms with Crippen molar-refractivity contribution in [1.82, 2.24) is 0 Å². The van der Waals surface area contributed by atoms with Gasteiger partial charge in [0.15, 0.2) is 0 Å². The van der Waals surface area contributed by atoms with Crippen LogP contribution in [0.2, 0.25) is 0 Å². The second kappa shape index (κ2) is 7.56. The molecule has 0 saturated heterocycles. The molecule has 2 N–H and O–H groups in total. The molecule has 0 aromatic carbocycles. The lowest BCUT2D eigenvalue weighted by Gasteiger charge is -2.25. The molecule has 15 heavy (non-hydrogen) atoms. The summed E-state index contributed by atoms with van der Waals surface area (Å²) in [5.41, 5.74) is 6.70. The third kappa shape index (κ3) is 5.66. The highest BCUT2D eigenvalue weighted by molar-refractivity contribution is 5.03. The summed E-state index contributed by atoms with van der Waals surface area (Å²) in [6, 6.07) is 0. The average molecular weight is 209 g/mol. The molecule has 1 heteroatoms. The second-order valence-corrected chi connectivity index (χ2v) is 4.72. The predicted molar refractivity (Wildman–Crippen MR) is 69.5 cm³/mol. The van der Waals surface area contributed by atoms with E-state index < -0.39 is 0 Å². The van der Waals surface area contributed by atoms with Gasteiger partial charge in [0, 0.05) is 11.6 Å². The van der Waals surface area contributed by atoms with Gasteiger partial charge in [-0.2, -0.15) is 0 Å². The highest BCUT2D eigenvalue weighted by Gasteiger charge is 2.19. The van der Waals surface area contributed by atoms with Crippen LogP contribution in [0.1, 0.15) is 47.0 Å². The largest absolute Gasteiger partial charge is 0.402 e. The molecule has 0 heterocycles. The summed E-state index contributed by atoms with van der Waals surface area (Å²) in [6.45, 7) is 12.8. The molecule has 0 spiro atoms. The van der Waals surface area contributed by atoms with Crippen molar-refractivity contribution in [1.29, 1.82) is 0 Å². The molecule has 0 fully saturated rings. The van der Waals surface area contributed by atoms with Crippen LogP contribution in [0.15, 0.2) is 24.4 Å². The Kier molecular flexibility index (Phi) is 7.19. The van der Waals surface area contributed by atoms with E-state index in [0.717, 1.165) is 18.5 Å². The molecule has 2 unspecified atom stereocenters. The van der Waals surface area contributed by atoms with E-state index in [0.29, 0.717) is 17.8 Å². The topological polar surface area (TPSA) is 26.0 Å². The summed E-state index contributed by atoms with van der Waals surface area (Å²) in [5, 5.41) is 0. The quantitative estimate of drug-likeness (QED) is 0.627. The van der Waals surface area contributed by atoms with Gasteiger partial charge in [-0.05, 0) is 31.1 Å². The second-order valence-electron chi connectivity index (χ2n) is 4.72. The van der Waals surface area contributed by atoms with Crippen molar-refractivity contribution in [3.05, 3.63) is 24.4 Å². The molecule has 1 nitrogen and oxygen atoms in total. The van der Waals surface area contributed by atoms with E-state index in [1.165, 1.54) is 6.42 Å². The Balaban J connectivity index is 4.57. The minimum absolute atomic E-state index is 0.440. The SMILES string of the molecule is C=C(N)C(CC)C(/C=C/CC)CC(C)C.